The Labute approximate surface area is 127 Å². The van der Waals surface area contributed by atoms with Gasteiger partial charge in [-0.05, 0) is 19.1 Å². The third-order valence-corrected chi connectivity index (χ3v) is 4.01. The molecule has 0 amide bonds. The van der Waals surface area contributed by atoms with Crippen LogP contribution < -0.4 is 5.32 Å². The number of para-hydroxylation sites is 1. The standard InChI is InChI=1S/C16H17N3OS/c1-11-9-13(12-5-3-4-6-14(12)18-11)15-10-21-16(19-15)17-7-8-20-2/h3-6,9-10H,7-8H2,1-2H3,(H,17,19). The number of nitrogens with zero attached hydrogens (tertiary/aromatic N) is 2. The number of thiazole rings is 1. The SMILES string of the molecule is COCCNc1nc(-c2cc(C)nc3ccccc23)cs1. The van der Waals surface area contributed by atoms with Crippen LogP contribution in [0, 0.1) is 6.92 Å². The van der Waals surface area contributed by atoms with Gasteiger partial charge in [0, 0.05) is 35.7 Å². The molecule has 5 heteroatoms. The summed E-state index contributed by atoms with van der Waals surface area (Å²) in [4.78, 5) is 9.24. The molecule has 0 atom stereocenters. The van der Waals surface area contributed by atoms with Crippen molar-refractivity contribution in [1.29, 1.82) is 0 Å². The Morgan fingerprint density at radius 3 is 2.95 bits per heavy atom. The number of nitrogens with one attached hydrogen (secondary N) is 1. The van der Waals surface area contributed by atoms with Gasteiger partial charge < -0.3 is 10.1 Å². The Morgan fingerprint density at radius 1 is 1.24 bits per heavy atom. The van der Waals surface area contributed by atoms with E-state index in [4.69, 9.17) is 4.74 Å². The van der Waals surface area contributed by atoms with Gasteiger partial charge in [-0.1, -0.05) is 18.2 Å². The smallest absolute Gasteiger partial charge is 0.183 e. The van der Waals surface area contributed by atoms with Crippen molar-refractivity contribution in [2.45, 2.75) is 6.92 Å². The average molecular weight is 299 g/mol. The molecule has 3 aromatic rings. The topological polar surface area (TPSA) is 47.0 Å². The van der Waals surface area contributed by atoms with Crippen LogP contribution in [0.3, 0.4) is 0 Å². The summed E-state index contributed by atoms with van der Waals surface area (Å²) in [5.74, 6) is 0. The van der Waals surface area contributed by atoms with Crippen LogP contribution in [0.15, 0.2) is 35.7 Å². The minimum atomic E-state index is 0.673. The van der Waals surface area contributed by atoms with Crippen molar-refractivity contribution in [2.75, 3.05) is 25.6 Å². The maximum atomic E-state index is 5.03. The summed E-state index contributed by atoms with van der Waals surface area (Å²) < 4.78 is 5.03. The summed E-state index contributed by atoms with van der Waals surface area (Å²) in [5, 5.41) is 7.40. The molecule has 2 aromatic heterocycles. The van der Waals surface area contributed by atoms with Crippen LogP contribution in [-0.2, 0) is 4.74 Å². The Hall–Kier alpha value is -1.98. The number of benzene rings is 1. The Balaban J connectivity index is 1.97. The molecular formula is C16H17N3OS. The number of methoxy groups -OCH3 is 1. The lowest BCUT2D eigenvalue weighted by molar-refractivity contribution is 0.211. The van der Waals surface area contributed by atoms with Crippen molar-refractivity contribution in [2.24, 2.45) is 0 Å². The number of hydrogen-bond acceptors (Lipinski definition) is 5. The molecule has 4 nitrogen and oxygen atoms in total. The van der Waals surface area contributed by atoms with E-state index in [2.05, 4.69) is 32.8 Å². The van der Waals surface area contributed by atoms with Gasteiger partial charge in [0.25, 0.3) is 0 Å². The fraction of sp³-hybridized carbons (Fsp3) is 0.250. The molecule has 3 rings (SSSR count). The summed E-state index contributed by atoms with van der Waals surface area (Å²) in [6.07, 6.45) is 0. The first-order chi connectivity index (χ1) is 10.3. The summed E-state index contributed by atoms with van der Waals surface area (Å²) >= 11 is 1.61. The first-order valence-electron chi connectivity index (χ1n) is 6.83. The molecule has 21 heavy (non-hydrogen) atoms. The molecule has 0 aliphatic rings. The largest absolute Gasteiger partial charge is 0.383 e. The molecule has 0 bridgehead atoms. The zero-order valence-electron chi connectivity index (χ0n) is 12.1. The molecule has 0 aliphatic heterocycles. The summed E-state index contributed by atoms with van der Waals surface area (Å²) in [6.45, 7) is 3.45. The van der Waals surface area contributed by atoms with Crippen LogP contribution >= 0.6 is 11.3 Å². The van der Waals surface area contributed by atoms with Gasteiger partial charge in [-0.2, -0.15) is 0 Å². The van der Waals surface area contributed by atoms with Crippen molar-refractivity contribution >= 4 is 27.4 Å². The molecule has 0 radical (unpaired) electrons. The zero-order valence-corrected chi connectivity index (χ0v) is 12.9. The van der Waals surface area contributed by atoms with Crippen LogP contribution in [0.1, 0.15) is 5.69 Å². The van der Waals surface area contributed by atoms with Crippen LogP contribution in [0.4, 0.5) is 5.13 Å². The second-order valence-electron chi connectivity index (χ2n) is 4.79. The van der Waals surface area contributed by atoms with Crippen molar-refractivity contribution in [1.82, 2.24) is 9.97 Å². The van der Waals surface area contributed by atoms with E-state index in [1.54, 1.807) is 18.4 Å². The molecule has 0 saturated carbocycles. The maximum Gasteiger partial charge on any atom is 0.183 e. The van der Waals surface area contributed by atoms with Gasteiger partial charge in [-0.25, -0.2) is 4.98 Å². The van der Waals surface area contributed by atoms with E-state index < -0.39 is 0 Å². The highest BCUT2D eigenvalue weighted by atomic mass is 32.1. The number of hydrogen-bond donors (Lipinski definition) is 1. The van der Waals surface area contributed by atoms with Gasteiger partial charge in [-0.15, -0.1) is 11.3 Å². The monoisotopic (exact) mass is 299 g/mol. The van der Waals surface area contributed by atoms with E-state index in [1.807, 2.05) is 25.1 Å². The second-order valence-corrected chi connectivity index (χ2v) is 5.64. The van der Waals surface area contributed by atoms with Gasteiger partial charge in [0.15, 0.2) is 5.13 Å². The zero-order chi connectivity index (χ0) is 14.7. The normalized spacial score (nSPS) is 11.0. The van der Waals surface area contributed by atoms with Gasteiger partial charge in [0.1, 0.15) is 0 Å². The van der Waals surface area contributed by atoms with Gasteiger partial charge in [0.2, 0.25) is 0 Å². The predicted octanol–water partition coefficient (Wildman–Crippen LogP) is 3.73. The molecule has 0 aliphatic carbocycles. The molecule has 1 N–H and O–H groups in total. The molecule has 0 saturated heterocycles. The van der Waals surface area contributed by atoms with Crippen LogP contribution in [0.25, 0.3) is 22.2 Å². The lowest BCUT2D eigenvalue weighted by Crippen LogP contribution is -2.07. The molecule has 0 spiro atoms. The van der Waals surface area contributed by atoms with Crippen molar-refractivity contribution in [3.63, 3.8) is 0 Å². The predicted molar refractivity (Wildman–Crippen MR) is 88.0 cm³/mol. The minimum absolute atomic E-state index is 0.673. The highest BCUT2D eigenvalue weighted by Gasteiger charge is 2.09. The van der Waals surface area contributed by atoms with E-state index in [0.717, 1.165) is 39.5 Å². The van der Waals surface area contributed by atoms with Crippen molar-refractivity contribution < 1.29 is 4.74 Å². The highest BCUT2D eigenvalue weighted by molar-refractivity contribution is 7.14. The third kappa shape index (κ3) is 3.04. The van der Waals surface area contributed by atoms with Crippen molar-refractivity contribution in [3.8, 4) is 11.3 Å². The van der Waals surface area contributed by atoms with Gasteiger partial charge >= 0.3 is 0 Å². The lowest BCUT2D eigenvalue weighted by Gasteiger charge is -2.05. The number of rotatable bonds is 5. The minimum Gasteiger partial charge on any atom is -0.383 e. The Morgan fingerprint density at radius 2 is 2.10 bits per heavy atom. The number of aryl methyl sites for hydroxylation is 1. The van der Waals surface area contributed by atoms with Crippen molar-refractivity contribution in [3.05, 3.63) is 41.4 Å². The number of aromatic nitrogens is 2. The van der Waals surface area contributed by atoms with Crippen LogP contribution in [0.5, 0.6) is 0 Å². The maximum absolute atomic E-state index is 5.03. The van der Waals surface area contributed by atoms with E-state index in [-0.39, 0.29) is 0 Å². The number of fused-ring (bicyclic) bond motifs is 1. The number of pyridine rings is 1. The quantitative estimate of drug-likeness (QED) is 0.729. The summed E-state index contributed by atoms with van der Waals surface area (Å²) in [7, 11) is 1.70. The molecule has 2 heterocycles. The number of ether oxygens (including phenoxy) is 1. The lowest BCUT2D eigenvalue weighted by atomic mass is 10.1. The van der Waals surface area contributed by atoms with Gasteiger partial charge in [-0.3, -0.25) is 4.98 Å². The Bertz CT molecular complexity index is 754. The van der Waals surface area contributed by atoms with E-state index in [9.17, 15) is 0 Å². The molecule has 0 unspecified atom stereocenters. The fourth-order valence-electron chi connectivity index (χ4n) is 2.26. The first kappa shape index (κ1) is 14.0. The van der Waals surface area contributed by atoms with Crippen LogP contribution in [0.2, 0.25) is 0 Å². The highest BCUT2D eigenvalue weighted by Crippen LogP contribution is 2.30. The summed E-state index contributed by atoms with van der Waals surface area (Å²) in [6, 6.07) is 10.3. The molecule has 0 fully saturated rings. The summed E-state index contributed by atoms with van der Waals surface area (Å²) in [5.41, 5.74) is 4.13. The van der Waals surface area contributed by atoms with Gasteiger partial charge in [0.05, 0.1) is 17.8 Å². The molecule has 108 valence electrons. The van der Waals surface area contributed by atoms with Crippen LogP contribution in [-0.4, -0.2) is 30.2 Å². The first-order valence-corrected chi connectivity index (χ1v) is 7.71. The second kappa shape index (κ2) is 6.20. The average Bonchev–Trinajstić information content (AvgIpc) is 2.95. The Kier molecular flexibility index (Phi) is 4.13. The molecular weight excluding hydrogens is 282 g/mol. The van der Waals surface area contributed by atoms with E-state index in [1.165, 1.54) is 0 Å². The molecule has 1 aromatic carbocycles. The number of anilines is 1. The fourth-order valence-corrected chi connectivity index (χ4v) is 3.00. The third-order valence-electron chi connectivity index (χ3n) is 3.21. The van der Waals surface area contributed by atoms with E-state index in [0.29, 0.717) is 6.61 Å². The van der Waals surface area contributed by atoms with E-state index >= 15 is 0 Å².